The molecule has 2 aliphatic rings. The van der Waals surface area contributed by atoms with Crippen molar-refractivity contribution in [2.45, 2.75) is 36.7 Å². The summed E-state index contributed by atoms with van der Waals surface area (Å²) in [6.07, 6.45) is -1.36. The largest absolute Gasteiger partial charge is 0.508 e. The van der Waals surface area contributed by atoms with Crippen LogP contribution in [0.15, 0.2) is 42.5 Å². The summed E-state index contributed by atoms with van der Waals surface area (Å²) in [7, 11) is 0. The molecular weight excluding hydrogens is 305 g/mol. The van der Waals surface area contributed by atoms with Gasteiger partial charge in [-0.2, -0.15) is 0 Å². The lowest BCUT2D eigenvalue weighted by molar-refractivity contribution is -0.0833. The molecule has 2 aromatic rings. The maximum absolute atomic E-state index is 14.1. The second kappa shape index (κ2) is 4.66. The van der Waals surface area contributed by atoms with Crippen LogP contribution in [0.2, 0.25) is 0 Å². The van der Waals surface area contributed by atoms with Gasteiger partial charge < -0.3 is 9.84 Å². The van der Waals surface area contributed by atoms with E-state index >= 15 is 0 Å². The number of benzene rings is 2. The van der Waals surface area contributed by atoms with Gasteiger partial charge in [0, 0.05) is 18.4 Å². The summed E-state index contributed by atoms with van der Waals surface area (Å²) in [6, 6.07) is 11.0. The van der Waals surface area contributed by atoms with Crippen LogP contribution in [0.1, 0.15) is 30.4 Å². The summed E-state index contributed by atoms with van der Waals surface area (Å²) in [5.74, 6) is -3.17. The highest BCUT2D eigenvalue weighted by atomic mass is 19.3. The highest BCUT2D eigenvalue weighted by Gasteiger charge is 2.58. The number of alkyl halides is 2. The van der Waals surface area contributed by atoms with Gasteiger partial charge in [0.1, 0.15) is 11.9 Å². The average Bonchev–Trinajstić information content (AvgIpc) is 2.83. The van der Waals surface area contributed by atoms with Crippen molar-refractivity contribution in [3.63, 3.8) is 0 Å². The number of phenols is 1. The molecule has 0 bridgehead atoms. The third-order valence-electron chi connectivity index (χ3n) is 5.01. The van der Waals surface area contributed by atoms with Gasteiger partial charge in [0.25, 0.3) is 5.92 Å². The van der Waals surface area contributed by atoms with E-state index in [0.29, 0.717) is 5.56 Å². The van der Waals surface area contributed by atoms with Gasteiger partial charge in [0.15, 0.2) is 11.6 Å². The molecule has 0 aromatic heterocycles. The zero-order chi connectivity index (χ0) is 16.2. The third kappa shape index (κ3) is 2.02. The lowest BCUT2D eigenvalue weighted by Gasteiger charge is -2.41. The van der Waals surface area contributed by atoms with Gasteiger partial charge in [-0.05, 0) is 30.2 Å². The van der Waals surface area contributed by atoms with Crippen molar-refractivity contribution >= 4 is 0 Å². The van der Waals surface area contributed by atoms with Gasteiger partial charge in [-0.25, -0.2) is 13.2 Å². The molecule has 4 rings (SSSR count). The van der Waals surface area contributed by atoms with E-state index in [1.807, 2.05) is 0 Å². The normalized spacial score (nSPS) is 27.9. The molecule has 5 heteroatoms. The first kappa shape index (κ1) is 14.4. The Bertz CT molecular complexity index is 757. The van der Waals surface area contributed by atoms with E-state index in [1.54, 1.807) is 24.3 Å². The van der Waals surface area contributed by atoms with Crippen molar-refractivity contribution in [3.05, 3.63) is 59.4 Å². The van der Waals surface area contributed by atoms with Gasteiger partial charge in [-0.3, -0.25) is 0 Å². The number of phenolic OH excluding ortho intramolecular Hbond substituents is 1. The Balaban J connectivity index is 1.92. The SMILES string of the molecule is Oc1ccc(C23CCC(F)(F)CC2Oc2c(F)cccc23)cc1. The van der Waals surface area contributed by atoms with E-state index in [1.165, 1.54) is 18.2 Å². The number of halogens is 3. The molecule has 0 spiro atoms. The van der Waals surface area contributed by atoms with Crippen LogP contribution in [0.25, 0.3) is 0 Å². The van der Waals surface area contributed by atoms with Crippen molar-refractivity contribution in [2.75, 3.05) is 0 Å². The van der Waals surface area contributed by atoms with Gasteiger partial charge in [0.05, 0.1) is 5.41 Å². The van der Waals surface area contributed by atoms with Crippen LogP contribution >= 0.6 is 0 Å². The van der Waals surface area contributed by atoms with Gasteiger partial charge in [-0.1, -0.05) is 24.3 Å². The Hall–Kier alpha value is -2.17. The van der Waals surface area contributed by atoms with Crippen LogP contribution in [-0.2, 0) is 5.41 Å². The maximum atomic E-state index is 14.1. The Morgan fingerprint density at radius 1 is 1.04 bits per heavy atom. The van der Waals surface area contributed by atoms with E-state index < -0.39 is 29.7 Å². The summed E-state index contributed by atoms with van der Waals surface area (Å²) in [5.41, 5.74) is 0.580. The Labute approximate surface area is 131 Å². The second-order valence-electron chi connectivity index (χ2n) is 6.30. The number of para-hydroxylation sites is 1. The monoisotopic (exact) mass is 320 g/mol. The zero-order valence-corrected chi connectivity index (χ0v) is 12.2. The van der Waals surface area contributed by atoms with Crippen molar-refractivity contribution < 1.29 is 23.0 Å². The van der Waals surface area contributed by atoms with Crippen LogP contribution in [0.3, 0.4) is 0 Å². The molecule has 1 N–H and O–H groups in total. The summed E-state index contributed by atoms with van der Waals surface area (Å²) in [4.78, 5) is 0. The average molecular weight is 320 g/mol. The molecule has 1 heterocycles. The Kier molecular flexibility index (Phi) is 2.92. The molecule has 0 radical (unpaired) electrons. The molecule has 120 valence electrons. The zero-order valence-electron chi connectivity index (χ0n) is 12.2. The molecule has 2 unspecified atom stereocenters. The van der Waals surface area contributed by atoms with Crippen molar-refractivity contribution in [1.29, 1.82) is 0 Å². The van der Waals surface area contributed by atoms with E-state index in [9.17, 15) is 18.3 Å². The summed E-state index contributed by atoms with van der Waals surface area (Å²) < 4.78 is 47.6. The number of aromatic hydroxyl groups is 1. The smallest absolute Gasteiger partial charge is 0.251 e. The number of hydrogen-bond donors (Lipinski definition) is 1. The van der Waals surface area contributed by atoms with E-state index in [-0.39, 0.29) is 24.3 Å². The molecule has 1 aliphatic heterocycles. The second-order valence-corrected chi connectivity index (χ2v) is 6.30. The first-order valence-corrected chi connectivity index (χ1v) is 7.55. The molecule has 2 aromatic carbocycles. The standard InChI is InChI=1S/C18H15F3O2/c19-14-3-1-2-13-16(14)23-15-10-17(20,21)8-9-18(13,15)11-4-6-12(22)7-5-11/h1-7,15,22H,8-10H2. The number of rotatable bonds is 1. The van der Waals surface area contributed by atoms with Gasteiger partial charge >= 0.3 is 0 Å². The predicted octanol–water partition coefficient (Wildman–Crippen LogP) is 4.40. The van der Waals surface area contributed by atoms with Gasteiger partial charge in [0.2, 0.25) is 0 Å². The maximum Gasteiger partial charge on any atom is 0.251 e. The lowest BCUT2D eigenvalue weighted by atomic mass is 9.64. The first-order chi connectivity index (χ1) is 10.9. The highest BCUT2D eigenvalue weighted by molar-refractivity contribution is 5.54. The van der Waals surface area contributed by atoms with E-state index in [4.69, 9.17) is 4.74 Å². The van der Waals surface area contributed by atoms with Crippen LogP contribution in [0, 0.1) is 5.82 Å². The summed E-state index contributed by atoms with van der Waals surface area (Å²) in [6.45, 7) is 0. The Morgan fingerprint density at radius 3 is 2.52 bits per heavy atom. The highest BCUT2D eigenvalue weighted by Crippen LogP contribution is 2.57. The quantitative estimate of drug-likeness (QED) is 0.844. The molecule has 1 fully saturated rings. The van der Waals surface area contributed by atoms with Crippen molar-refractivity contribution in [1.82, 2.24) is 0 Å². The van der Waals surface area contributed by atoms with Crippen molar-refractivity contribution in [2.24, 2.45) is 0 Å². The van der Waals surface area contributed by atoms with Gasteiger partial charge in [-0.15, -0.1) is 0 Å². The Morgan fingerprint density at radius 2 is 1.78 bits per heavy atom. The van der Waals surface area contributed by atoms with E-state index in [2.05, 4.69) is 0 Å². The van der Waals surface area contributed by atoms with Crippen LogP contribution in [-0.4, -0.2) is 17.1 Å². The van der Waals surface area contributed by atoms with E-state index in [0.717, 1.165) is 5.56 Å². The lowest BCUT2D eigenvalue weighted by Crippen LogP contribution is -2.48. The fourth-order valence-corrected chi connectivity index (χ4v) is 3.91. The minimum absolute atomic E-state index is 0.0725. The van der Waals surface area contributed by atoms with Crippen LogP contribution in [0.4, 0.5) is 13.2 Å². The summed E-state index contributed by atoms with van der Waals surface area (Å²) in [5, 5.41) is 9.50. The topological polar surface area (TPSA) is 29.5 Å². The number of ether oxygens (including phenoxy) is 1. The minimum atomic E-state index is -2.82. The molecule has 0 amide bonds. The molecule has 2 atom stereocenters. The number of fused-ring (bicyclic) bond motifs is 3. The van der Waals surface area contributed by atoms with Crippen molar-refractivity contribution in [3.8, 4) is 11.5 Å². The third-order valence-corrected chi connectivity index (χ3v) is 5.01. The minimum Gasteiger partial charge on any atom is -0.508 e. The molecule has 1 aliphatic carbocycles. The van der Waals surface area contributed by atoms with Crippen LogP contribution < -0.4 is 4.74 Å². The first-order valence-electron chi connectivity index (χ1n) is 7.55. The fraction of sp³-hybridized carbons (Fsp3) is 0.333. The number of hydrogen-bond acceptors (Lipinski definition) is 2. The molecular formula is C18H15F3O2. The molecule has 2 nitrogen and oxygen atoms in total. The molecule has 23 heavy (non-hydrogen) atoms. The molecule has 1 saturated carbocycles. The summed E-state index contributed by atoms with van der Waals surface area (Å²) >= 11 is 0. The fourth-order valence-electron chi connectivity index (χ4n) is 3.91. The van der Waals surface area contributed by atoms with Crippen LogP contribution in [0.5, 0.6) is 11.5 Å². The molecule has 0 saturated heterocycles. The predicted molar refractivity (Wildman–Crippen MR) is 78.5 cm³/mol.